The first-order valence-electron chi connectivity index (χ1n) is 3.33. The van der Waals surface area contributed by atoms with Gasteiger partial charge >= 0.3 is 99.8 Å². The third-order valence-electron chi connectivity index (χ3n) is 1.41. The van der Waals surface area contributed by atoms with Crippen molar-refractivity contribution in [2.24, 2.45) is 5.73 Å². The maximum absolute atomic E-state index is 5.84. The topological polar surface area (TPSA) is 26.0 Å². The van der Waals surface area contributed by atoms with Gasteiger partial charge < -0.3 is 0 Å². The predicted octanol–water partition coefficient (Wildman–Crippen LogP) is 3.10. The van der Waals surface area contributed by atoms with E-state index in [1.165, 1.54) is 8.46 Å². The van der Waals surface area contributed by atoms with Gasteiger partial charge in [-0.05, 0) is 0 Å². The number of thiophene rings is 1. The van der Waals surface area contributed by atoms with E-state index in [0.717, 1.165) is 0 Å². The van der Waals surface area contributed by atoms with Crippen molar-refractivity contribution in [1.82, 2.24) is 0 Å². The second kappa shape index (κ2) is 4.61. The molecule has 0 aliphatic rings. The monoisotopic (exact) mass is 483 g/mol. The van der Waals surface area contributed by atoms with Gasteiger partial charge in [-0.25, -0.2) is 0 Å². The Balaban J connectivity index is 3.08. The molecule has 0 fully saturated rings. The molecule has 0 bridgehead atoms. The van der Waals surface area contributed by atoms with Crippen LogP contribution >= 0.6 is 49.5 Å². The summed E-state index contributed by atoms with van der Waals surface area (Å²) in [4.78, 5) is 1.27. The van der Waals surface area contributed by atoms with Crippen molar-refractivity contribution in [2.45, 2.75) is 13.0 Å². The molecule has 0 aliphatic heterocycles. The fraction of sp³-hybridized carbons (Fsp3) is 0.333. The number of halogens is 3. The zero-order valence-electron chi connectivity index (χ0n) is 6.35. The van der Waals surface area contributed by atoms with Crippen LogP contribution in [0.1, 0.15) is 17.8 Å². The molecule has 1 aromatic heterocycles. The summed E-state index contributed by atoms with van der Waals surface area (Å²) in [7, 11) is 0. The molecule has 0 saturated heterocycles. The normalized spacial score (nSPS) is 14.8. The summed E-state index contributed by atoms with van der Waals surface area (Å²) in [5, 5.41) is 2.09. The van der Waals surface area contributed by atoms with E-state index in [0.29, 0.717) is 0 Å². The molecule has 1 rings (SSSR count). The molecule has 0 aromatic carbocycles. The number of hydrogen-bond donors (Lipinski definition) is 1. The molecular formula is C6H8Br3NSSn. The SMILES string of the molecule is CC(N)c1scc[c]1[Sn]([Br])([Br])[Br]. The molecule has 2 N–H and O–H groups in total. The van der Waals surface area contributed by atoms with Crippen LogP contribution in [0, 0.1) is 0 Å². The summed E-state index contributed by atoms with van der Waals surface area (Å²) in [5.74, 6) is 0. The molecule has 0 saturated carbocycles. The van der Waals surface area contributed by atoms with E-state index in [-0.39, 0.29) is 6.04 Å². The van der Waals surface area contributed by atoms with Crippen molar-refractivity contribution in [3.8, 4) is 0 Å². The Labute approximate surface area is 98.2 Å². The fourth-order valence-electron chi connectivity index (χ4n) is 0.908. The average molecular weight is 485 g/mol. The summed E-state index contributed by atoms with van der Waals surface area (Å²) in [5.41, 5.74) is 5.84. The maximum atomic E-state index is 5.84. The van der Waals surface area contributed by atoms with Crippen molar-refractivity contribution in [3.63, 3.8) is 0 Å². The Morgan fingerprint density at radius 2 is 2.08 bits per heavy atom. The number of rotatable bonds is 2. The molecule has 0 aliphatic carbocycles. The van der Waals surface area contributed by atoms with Crippen LogP contribution < -0.4 is 9.31 Å². The van der Waals surface area contributed by atoms with Gasteiger partial charge in [-0.2, -0.15) is 0 Å². The molecule has 1 aromatic rings. The summed E-state index contributed by atoms with van der Waals surface area (Å²) in [6, 6.07) is 2.27. The van der Waals surface area contributed by atoms with Crippen molar-refractivity contribution in [1.29, 1.82) is 0 Å². The van der Waals surface area contributed by atoms with Gasteiger partial charge in [0, 0.05) is 0 Å². The Kier molecular flexibility index (Phi) is 4.60. The molecule has 0 radical (unpaired) electrons. The minimum absolute atomic E-state index is 0.128. The molecule has 0 amide bonds. The van der Waals surface area contributed by atoms with Crippen LogP contribution in [0.4, 0.5) is 0 Å². The molecule has 1 unspecified atom stereocenters. The summed E-state index contributed by atoms with van der Waals surface area (Å²) >= 11 is 10.3. The van der Waals surface area contributed by atoms with Crippen molar-refractivity contribution in [3.05, 3.63) is 16.3 Å². The second-order valence-electron chi connectivity index (χ2n) is 2.48. The Morgan fingerprint density at radius 1 is 1.50 bits per heavy atom. The molecular weight excluding hydrogens is 477 g/mol. The van der Waals surface area contributed by atoms with E-state index in [1.54, 1.807) is 11.3 Å². The van der Waals surface area contributed by atoms with Crippen LogP contribution in [0.3, 0.4) is 0 Å². The van der Waals surface area contributed by atoms with E-state index in [2.05, 4.69) is 49.6 Å². The van der Waals surface area contributed by atoms with Crippen molar-refractivity contribution < 1.29 is 0 Å². The molecule has 0 spiro atoms. The summed E-state index contributed by atoms with van der Waals surface area (Å²) in [6.07, 6.45) is 0. The van der Waals surface area contributed by atoms with E-state index in [4.69, 9.17) is 5.73 Å². The van der Waals surface area contributed by atoms with E-state index >= 15 is 0 Å². The summed E-state index contributed by atoms with van der Waals surface area (Å²) < 4.78 is 1.35. The van der Waals surface area contributed by atoms with Gasteiger partial charge in [-0.1, -0.05) is 0 Å². The van der Waals surface area contributed by atoms with E-state index < -0.39 is 11.7 Å². The third-order valence-corrected chi connectivity index (χ3v) is 14.6. The third kappa shape index (κ3) is 2.95. The van der Waals surface area contributed by atoms with Gasteiger partial charge in [0.05, 0.1) is 0 Å². The van der Waals surface area contributed by atoms with Crippen LogP contribution in [-0.4, -0.2) is 11.7 Å². The standard InChI is InChI=1S/C6H8NS.3BrH.Sn/c1-5(7)6-3-2-4-8-6;;;;/h2,4-5H,7H2,1H3;3*1H;/q;;;;+3/p-3. The van der Waals surface area contributed by atoms with E-state index in [9.17, 15) is 0 Å². The number of hydrogen-bond acceptors (Lipinski definition) is 2. The van der Waals surface area contributed by atoms with Gasteiger partial charge in [-0.3, -0.25) is 0 Å². The summed E-state index contributed by atoms with van der Waals surface area (Å²) in [6.45, 7) is 2.01. The second-order valence-corrected chi connectivity index (χ2v) is 53.2. The molecule has 1 nitrogen and oxygen atoms in total. The zero-order valence-corrected chi connectivity index (χ0v) is 14.8. The minimum atomic E-state index is -2.43. The molecule has 68 valence electrons. The van der Waals surface area contributed by atoms with Crippen LogP contribution in [-0.2, 0) is 0 Å². The van der Waals surface area contributed by atoms with E-state index in [1.807, 2.05) is 6.92 Å². The van der Waals surface area contributed by atoms with Gasteiger partial charge in [0.1, 0.15) is 0 Å². The van der Waals surface area contributed by atoms with Crippen LogP contribution in [0.2, 0.25) is 0 Å². The molecule has 1 atom stereocenters. The average Bonchev–Trinajstić information content (AvgIpc) is 2.30. The Hall–Kier alpha value is 1.90. The van der Waals surface area contributed by atoms with Crippen molar-refractivity contribution in [2.75, 3.05) is 0 Å². The molecule has 6 heteroatoms. The number of nitrogens with two attached hydrogens (primary N) is 1. The molecule has 1 heterocycles. The predicted molar refractivity (Wildman–Crippen MR) is 69.1 cm³/mol. The first-order chi connectivity index (χ1) is 5.43. The Bertz CT molecular complexity index is 268. The first kappa shape index (κ1) is 12.0. The molecule has 12 heavy (non-hydrogen) atoms. The van der Waals surface area contributed by atoms with Crippen LogP contribution in [0.5, 0.6) is 0 Å². The Morgan fingerprint density at radius 3 is 2.42 bits per heavy atom. The van der Waals surface area contributed by atoms with Crippen molar-refractivity contribution >= 4 is 64.7 Å². The van der Waals surface area contributed by atoms with Gasteiger partial charge in [0.2, 0.25) is 0 Å². The van der Waals surface area contributed by atoms with Crippen LogP contribution in [0.15, 0.2) is 11.4 Å². The van der Waals surface area contributed by atoms with Gasteiger partial charge in [0.15, 0.2) is 0 Å². The fourth-order valence-corrected chi connectivity index (χ4v) is 15.4. The zero-order chi connectivity index (χ0) is 9.35. The first-order valence-corrected chi connectivity index (χ1v) is 24.8. The quantitative estimate of drug-likeness (QED) is 0.642. The van der Waals surface area contributed by atoms with Gasteiger partial charge in [-0.15, -0.1) is 0 Å². The van der Waals surface area contributed by atoms with Gasteiger partial charge in [0.25, 0.3) is 0 Å². The van der Waals surface area contributed by atoms with Crippen LogP contribution in [0.25, 0.3) is 0 Å².